The highest BCUT2D eigenvalue weighted by Crippen LogP contribution is 2.62. The lowest BCUT2D eigenvalue weighted by Crippen LogP contribution is -2.36. The molecule has 2 aromatic heterocycles. The van der Waals surface area contributed by atoms with Crippen LogP contribution in [0.25, 0.3) is 82.1 Å². The third kappa shape index (κ3) is 5.08. The van der Waals surface area contributed by atoms with E-state index >= 15 is 0 Å². The van der Waals surface area contributed by atoms with Gasteiger partial charge in [0, 0.05) is 53.8 Å². The van der Waals surface area contributed by atoms with Crippen molar-refractivity contribution in [1.82, 2.24) is 4.57 Å². The van der Waals surface area contributed by atoms with Crippen molar-refractivity contribution in [2.45, 2.75) is 15.2 Å². The van der Waals surface area contributed by atoms with E-state index in [1.54, 1.807) is 0 Å². The number of nitrogens with zero attached hydrogens (tertiary/aromatic N) is 2. The van der Waals surface area contributed by atoms with Crippen molar-refractivity contribution >= 4 is 94.1 Å². The molecule has 0 amide bonds. The molecule has 0 saturated carbocycles. The molecule has 312 valence electrons. The van der Waals surface area contributed by atoms with Crippen molar-refractivity contribution in [3.05, 3.63) is 253 Å². The van der Waals surface area contributed by atoms with Crippen LogP contribution in [0.4, 0.5) is 17.1 Å². The van der Waals surface area contributed by atoms with Gasteiger partial charge in [-0.05, 0) is 116 Å². The average molecular weight is 871 g/mol. The summed E-state index contributed by atoms with van der Waals surface area (Å²) in [6.07, 6.45) is 0. The van der Waals surface area contributed by atoms with Gasteiger partial charge < -0.3 is 13.9 Å². The van der Waals surface area contributed by atoms with Gasteiger partial charge in [-0.15, -0.1) is 0 Å². The first-order valence-electron chi connectivity index (χ1n) is 23.0. The normalized spacial score (nSPS) is 14.9. The van der Waals surface area contributed by atoms with Gasteiger partial charge in [0.25, 0.3) is 0 Å². The lowest BCUT2D eigenvalue weighted by Gasteiger charge is -2.46. The minimum atomic E-state index is -0.530. The monoisotopic (exact) mass is 870 g/mol. The second-order valence-electron chi connectivity index (χ2n) is 17.9. The van der Waals surface area contributed by atoms with Crippen molar-refractivity contribution in [2.24, 2.45) is 0 Å². The second kappa shape index (κ2) is 13.9. The Hall–Kier alpha value is -8.31. The summed E-state index contributed by atoms with van der Waals surface area (Å²) in [5.41, 5.74) is 15.8. The van der Waals surface area contributed by atoms with Crippen molar-refractivity contribution in [3.63, 3.8) is 0 Å². The number of anilines is 3. The molecule has 13 aromatic rings. The molecule has 0 saturated heterocycles. The summed E-state index contributed by atoms with van der Waals surface area (Å²) in [7, 11) is 0. The van der Waals surface area contributed by atoms with Gasteiger partial charge in [0.2, 0.25) is 0 Å². The molecule has 4 heteroatoms. The molecule has 2 aliphatic rings. The summed E-state index contributed by atoms with van der Waals surface area (Å²) < 4.78 is 8.88. The lowest BCUT2D eigenvalue weighted by molar-refractivity contribution is 0.669. The molecule has 0 radical (unpaired) electrons. The fraction of sp³-hybridized carbons (Fsp3) is 0.0159. The van der Waals surface area contributed by atoms with Crippen LogP contribution in [0.3, 0.4) is 0 Å². The maximum atomic E-state index is 6.41. The van der Waals surface area contributed by atoms with Crippen LogP contribution >= 0.6 is 11.8 Å². The molecule has 0 N–H and O–H groups in total. The van der Waals surface area contributed by atoms with Crippen molar-refractivity contribution in [1.29, 1.82) is 0 Å². The highest BCUT2D eigenvalue weighted by atomic mass is 32.2. The minimum absolute atomic E-state index is 0.530. The molecule has 0 fully saturated rings. The number of fused-ring (bicyclic) bond motifs is 15. The number of para-hydroxylation sites is 2. The second-order valence-corrected chi connectivity index (χ2v) is 19.0. The topological polar surface area (TPSA) is 21.3 Å². The Bertz CT molecular complexity index is 4220. The fourth-order valence-corrected chi connectivity index (χ4v) is 13.1. The van der Waals surface area contributed by atoms with E-state index in [4.69, 9.17) is 4.42 Å². The molecule has 0 bridgehead atoms. The van der Waals surface area contributed by atoms with E-state index < -0.39 is 5.41 Å². The highest BCUT2D eigenvalue weighted by Gasteiger charge is 2.48. The average Bonchev–Trinajstić information content (AvgIpc) is 3.92. The Morgan fingerprint density at radius 3 is 1.93 bits per heavy atom. The lowest BCUT2D eigenvalue weighted by atomic mass is 9.59. The Morgan fingerprint density at radius 1 is 0.373 bits per heavy atom. The Balaban J connectivity index is 1.01. The van der Waals surface area contributed by atoms with E-state index in [1.807, 2.05) is 17.8 Å². The summed E-state index contributed by atoms with van der Waals surface area (Å²) in [6, 6.07) is 85.3. The van der Waals surface area contributed by atoms with Crippen LogP contribution in [0, 0.1) is 0 Å². The zero-order valence-corrected chi connectivity index (χ0v) is 37.0. The van der Waals surface area contributed by atoms with Crippen LogP contribution in [0.1, 0.15) is 22.3 Å². The largest absolute Gasteiger partial charge is 0.456 e. The van der Waals surface area contributed by atoms with Crippen molar-refractivity contribution < 1.29 is 4.42 Å². The van der Waals surface area contributed by atoms with Gasteiger partial charge in [-0.3, -0.25) is 0 Å². The predicted octanol–water partition coefficient (Wildman–Crippen LogP) is 17.3. The molecule has 1 aliphatic carbocycles. The molecular weight excluding hydrogens is 833 g/mol. The van der Waals surface area contributed by atoms with Gasteiger partial charge in [-0.25, -0.2) is 0 Å². The van der Waals surface area contributed by atoms with Crippen molar-refractivity contribution in [2.75, 3.05) is 4.90 Å². The van der Waals surface area contributed by atoms with Gasteiger partial charge in [-0.1, -0.05) is 176 Å². The Kier molecular flexibility index (Phi) is 7.64. The zero-order valence-electron chi connectivity index (χ0n) is 36.2. The van der Waals surface area contributed by atoms with E-state index in [-0.39, 0.29) is 0 Å². The van der Waals surface area contributed by atoms with Crippen molar-refractivity contribution in [3.8, 4) is 16.8 Å². The van der Waals surface area contributed by atoms with Crippen LogP contribution < -0.4 is 4.90 Å². The highest BCUT2D eigenvalue weighted by molar-refractivity contribution is 7.99. The molecule has 1 atom stereocenters. The molecule has 67 heavy (non-hydrogen) atoms. The molecule has 3 nitrogen and oxygen atoms in total. The summed E-state index contributed by atoms with van der Waals surface area (Å²) in [4.78, 5) is 4.97. The van der Waals surface area contributed by atoms with Gasteiger partial charge in [0.15, 0.2) is 0 Å². The van der Waals surface area contributed by atoms with Gasteiger partial charge in [0.1, 0.15) is 11.2 Å². The molecule has 15 rings (SSSR count). The Morgan fingerprint density at radius 2 is 0.985 bits per heavy atom. The minimum Gasteiger partial charge on any atom is -0.456 e. The Labute approximate surface area is 390 Å². The SMILES string of the molecule is c1ccc2c(c1)Sc1cc(N(c3ccc4oc5ccccc5c4c3)c3ccc4c5ccccc5n(-c5cccc6ccccc56)c4c3)ccc1C21c2ccccc2-c2cccc3cccc1c23. The summed E-state index contributed by atoms with van der Waals surface area (Å²) in [6.45, 7) is 0. The molecule has 3 heterocycles. The van der Waals surface area contributed by atoms with E-state index in [2.05, 4.69) is 234 Å². The summed E-state index contributed by atoms with van der Waals surface area (Å²) >= 11 is 1.88. The van der Waals surface area contributed by atoms with Crippen LogP contribution in [0.2, 0.25) is 0 Å². The third-order valence-corrected chi connectivity index (χ3v) is 15.7. The van der Waals surface area contributed by atoms with Gasteiger partial charge in [-0.2, -0.15) is 0 Å². The standard InChI is InChI=1S/C63H38N2OS/c1-2-18-44-39(14-1)15-13-27-55(44)65-56-26-8-4-20-46(56)47-33-30-42(37-57(47)65)64(41-32-35-59-50(36-41)48-21-5-9-28-58(48)66-59)43-31-34-53-61(38-43)67-60-29-10-7-24-52(60)63(53)51-23-6-3-19-45(51)49-22-11-16-40-17-12-25-54(63)62(40)49/h1-38H. The van der Waals surface area contributed by atoms with Crippen LogP contribution in [0.15, 0.2) is 245 Å². The zero-order chi connectivity index (χ0) is 43.8. The number of furan rings is 1. The van der Waals surface area contributed by atoms with E-state index in [9.17, 15) is 0 Å². The third-order valence-electron chi connectivity index (χ3n) is 14.6. The number of benzene rings is 11. The number of rotatable bonds is 4. The molecule has 1 unspecified atom stereocenters. The summed E-state index contributed by atoms with van der Waals surface area (Å²) in [5, 5.41) is 9.68. The summed E-state index contributed by atoms with van der Waals surface area (Å²) in [5.74, 6) is 0. The fourth-order valence-electron chi connectivity index (χ4n) is 11.9. The van der Waals surface area contributed by atoms with E-state index in [1.165, 1.54) is 81.0 Å². The number of hydrogen-bond acceptors (Lipinski definition) is 3. The molecular formula is C63H38N2OS. The number of hydrogen-bond donors (Lipinski definition) is 0. The first-order chi connectivity index (χ1) is 33.2. The molecule has 1 spiro atoms. The first kappa shape index (κ1) is 37.0. The van der Waals surface area contributed by atoms with E-state index in [0.717, 1.165) is 50.2 Å². The molecule has 11 aromatic carbocycles. The molecule has 1 aliphatic heterocycles. The van der Waals surface area contributed by atoms with Gasteiger partial charge in [0.05, 0.1) is 22.1 Å². The predicted molar refractivity (Wildman–Crippen MR) is 279 cm³/mol. The van der Waals surface area contributed by atoms with E-state index in [0.29, 0.717) is 0 Å². The maximum absolute atomic E-state index is 6.41. The van der Waals surface area contributed by atoms with Gasteiger partial charge >= 0.3 is 0 Å². The number of aromatic nitrogens is 1. The van der Waals surface area contributed by atoms with Crippen LogP contribution in [-0.4, -0.2) is 4.57 Å². The maximum Gasteiger partial charge on any atom is 0.135 e. The first-order valence-corrected chi connectivity index (χ1v) is 23.8. The van der Waals surface area contributed by atoms with Crippen LogP contribution in [0.5, 0.6) is 0 Å². The smallest absolute Gasteiger partial charge is 0.135 e. The quantitative estimate of drug-likeness (QED) is 0.176. The van der Waals surface area contributed by atoms with Crippen LogP contribution in [-0.2, 0) is 5.41 Å².